The van der Waals surface area contributed by atoms with Crippen molar-refractivity contribution in [3.63, 3.8) is 0 Å². The SMILES string of the molecule is CC(C)(C)C1CCC(C(=O)Nc2ccc(Cl)cc2Br)CC1. The quantitative estimate of drug-likeness (QED) is 0.688. The van der Waals surface area contributed by atoms with E-state index in [4.69, 9.17) is 11.6 Å². The number of carbonyl (C=O) groups excluding carboxylic acids is 1. The average Bonchev–Trinajstić information content (AvgIpc) is 2.41. The lowest BCUT2D eigenvalue weighted by atomic mass is 9.69. The Balaban J connectivity index is 1.93. The maximum atomic E-state index is 12.4. The van der Waals surface area contributed by atoms with Gasteiger partial charge in [-0.25, -0.2) is 0 Å². The first kappa shape index (κ1) is 16.8. The highest BCUT2D eigenvalue weighted by Crippen LogP contribution is 2.40. The molecule has 1 aromatic carbocycles. The highest BCUT2D eigenvalue weighted by molar-refractivity contribution is 9.10. The predicted molar refractivity (Wildman–Crippen MR) is 92.7 cm³/mol. The Hall–Kier alpha value is -0.540. The van der Waals surface area contributed by atoms with E-state index in [1.165, 1.54) is 0 Å². The number of anilines is 1. The molecule has 1 amide bonds. The Morgan fingerprint density at radius 1 is 1.24 bits per heavy atom. The first-order valence-corrected chi connectivity index (χ1v) is 8.70. The molecular weight excluding hydrogens is 350 g/mol. The van der Waals surface area contributed by atoms with Crippen molar-refractivity contribution in [1.29, 1.82) is 0 Å². The molecular formula is C17H23BrClNO. The van der Waals surface area contributed by atoms with Gasteiger partial charge in [-0.2, -0.15) is 0 Å². The van der Waals surface area contributed by atoms with Crippen LogP contribution in [0.15, 0.2) is 22.7 Å². The molecule has 0 spiro atoms. The minimum atomic E-state index is 0.130. The van der Waals surface area contributed by atoms with Crippen LogP contribution in [0.4, 0.5) is 5.69 Å². The summed E-state index contributed by atoms with van der Waals surface area (Å²) in [5.74, 6) is 0.986. The summed E-state index contributed by atoms with van der Waals surface area (Å²) in [5, 5.41) is 3.67. The van der Waals surface area contributed by atoms with Crippen molar-refractivity contribution in [1.82, 2.24) is 0 Å². The molecule has 0 atom stereocenters. The van der Waals surface area contributed by atoms with Crippen LogP contribution in [0.2, 0.25) is 5.02 Å². The Labute approximate surface area is 140 Å². The maximum Gasteiger partial charge on any atom is 0.227 e. The van der Waals surface area contributed by atoms with Crippen LogP contribution in [0.1, 0.15) is 46.5 Å². The molecule has 1 N–H and O–H groups in total. The number of hydrogen-bond donors (Lipinski definition) is 1. The molecule has 0 bridgehead atoms. The van der Waals surface area contributed by atoms with E-state index in [0.29, 0.717) is 10.4 Å². The smallest absolute Gasteiger partial charge is 0.227 e. The summed E-state index contributed by atoms with van der Waals surface area (Å²) in [5.41, 5.74) is 1.14. The van der Waals surface area contributed by atoms with Crippen molar-refractivity contribution in [2.24, 2.45) is 17.3 Å². The summed E-state index contributed by atoms with van der Waals surface area (Å²) < 4.78 is 0.826. The Morgan fingerprint density at radius 2 is 1.86 bits per heavy atom. The first-order valence-electron chi connectivity index (χ1n) is 7.53. The van der Waals surface area contributed by atoms with Crippen molar-refractivity contribution >= 4 is 39.1 Å². The standard InChI is InChI=1S/C17H23BrClNO/c1-17(2,3)12-6-4-11(5-7-12)16(21)20-15-9-8-13(19)10-14(15)18/h8-12H,4-7H2,1-3H3,(H,20,21). The molecule has 0 radical (unpaired) electrons. The zero-order chi connectivity index (χ0) is 15.6. The molecule has 21 heavy (non-hydrogen) atoms. The van der Waals surface area contributed by atoms with Gasteiger partial charge in [0.1, 0.15) is 0 Å². The fourth-order valence-electron chi connectivity index (χ4n) is 3.05. The van der Waals surface area contributed by atoms with Crippen molar-refractivity contribution < 1.29 is 4.79 Å². The molecule has 1 aliphatic rings. The monoisotopic (exact) mass is 371 g/mol. The summed E-state index contributed by atoms with van der Waals surface area (Å²) >= 11 is 9.35. The van der Waals surface area contributed by atoms with Crippen molar-refractivity contribution in [2.45, 2.75) is 46.5 Å². The molecule has 1 aromatic rings. The molecule has 4 heteroatoms. The van der Waals surface area contributed by atoms with E-state index in [-0.39, 0.29) is 11.8 Å². The lowest BCUT2D eigenvalue weighted by Gasteiger charge is -2.36. The summed E-state index contributed by atoms with van der Waals surface area (Å²) in [6, 6.07) is 5.43. The molecule has 0 heterocycles. The van der Waals surface area contributed by atoms with Gasteiger partial charge in [0.15, 0.2) is 0 Å². The summed E-state index contributed by atoms with van der Waals surface area (Å²) in [6.07, 6.45) is 4.25. The number of nitrogens with one attached hydrogen (secondary N) is 1. The first-order chi connectivity index (χ1) is 9.77. The van der Waals surface area contributed by atoms with Gasteiger partial charge in [0.2, 0.25) is 5.91 Å². The highest BCUT2D eigenvalue weighted by Gasteiger charge is 2.32. The van der Waals surface area contributed by atoms with Gasteiger partial charge in [0, 0.05) is 15.4 Å². The van der Waals surface area contributed by atoms with E-state index in [0.717, 1.165) is 41.8 Å². The van der Waals surface area contributed by atoms with Gasteiger partial charge in [0.25, 0.3) is 0 Å². The van der Waals surface area contributed by atoms with E-state index in [9.17, 15) is 4.79 Å². The van der Waals surface area contributed by atoms with E-state index in [1.54, 1.807) is 12.1 Å². The van der Waals surface area contributed by atoms with Gasteiger partial charge in [-0.05, 0) is 71.1 Å². The Morgan fingerprint density at radius 3 is 2.38 bits per heavy atom. The third-order valence-corrected chi connectivity index (χ3v) is 5.40. The van der Waals surface area contributed by atoms with Crippen LogP contribution in [0.3, 0.4) is 0 Å². The third-order valence-electron chi connectivity index (χ3n) is 4.51. The number of carbonyl (C=O) groups is 1. The lowest BCUT2D eigenvalue weighted by Crippen LogP contribution is -2.31. The second kappa shape index (κ2) is 6.70. The second-order valence-electron chi connectivity index (χ2n) is 7.03. The van der Waals surface area contributed by atoms with E-state index in [1.807, 2.05) is 6.07 Å². The van der Waals surface area contributed by atoms with Crippen molar-refractivity contribution in [2.75, 3.05) is 5.32 Å². The molecule has 0 aliphatic heterocycles. The van der Waals surface area contributed by atoms with E-state index in [2.05, 4.69) is 42.0 Å². The van der Waals surface area contributed by atoms with Gasteiger partial charge < -0.3 is 5.32 Å². The fraction of sp³-hybridized carbons (Fsp3) is 0.588. The molecule has 0 saturated heterocycles. The summed E-state index contributed by atoms with van der Waals surface area (Å²) in [4.78, 5) is 12.4. The van der Waals surface area contributed by atoms with Gasteiger partial charge in [-0.3, -0.25) is 4.79 Å². The lowest BCUT2D eigenvalue weighted by molar-refractivity contribution is -0.121. The van der Waals surface area contributed by atoms with Crippen molar-refractivity contribution in [3.8, 4) is 0 Å². The van der Waals surface area contributed by atoms with Gasteiger partial charge >= 0.3 is 0 Å². The largest absolute Gasteiger partial charge is 0.325 e. The van der Waals surface area contributed by atoms with E-state index < -0.39 is 0 Å². The topological polar surface area (TPSA) is 29.1 Å². The van der Waals surface area contributed by atoms with Gasteiger partial charge in [-0.1, -0.05) is 32.4 Å². The van der Waals surface area contributed by atoms with Crippen LogP contribution in [-0.4, -0.2) is 5.91 Å². The molecule has 1 aliphatic carbocycles. The summed E-state index contributed by atoms with van der Waals surface area (Å²) in [6.45, 7) is 6.88. The Kier molecular flexibility index (Phi) is 5.37. The Bertz CT molecular complexity index is 516. The molecule has 0 aromatic heterocycles. The average molecular weight is 373 g/mol. The number of rotatable bonds is 2. The minimum Gasteiger partial charge on any atom is -0.325 e. The van der Waals surface area contributed by atoms with Gasteiger partial charge in [-0.15, -0.1) is 0 Å². The zero-order valence-electron chi connectivity index (χ0n) is 12.9. The molecule has 116 valence electrons. The molecule has 1 fully saturated rings. The number of halogens is 2. The highest BCUT2D eigenvalue weighted by atomic mass is 79.9. The predicted octanol–water partition coefficient (Wildman–Crippen LogP) is 5.89. The van der Waals surface area contributed by atoms with Crippen LogP contribution in [0, 0.1) is 17.3 Å². The third kappa shape index (κ3) is 4.46. The van der Waals surface area contributed by atoms with Crippen LogP contribution < -0.4 is 5.32 Å². The van der Waals surface area contributed by atoms with Crippen LogP contribution in [0.25, 0.3) is 0 Å². The molecule has 2 nitrogen and oxygen atoms in total. The number of benzene rings is 1. The normalized spacial score (nSPS) is 22.9. The molecule has 2 rings (SSSR count). The zero-order valence-corrected chi connectivity index (χ0v) is 15.2. The minimum absolute atomic E-state index is 0.130. The molecule has 1 saturated carbocycles. The van der Waals surface area contributed by atoms with Crippen LogP contribution in [0.5, 0.6) is 0 Å². The van der Waals surface area contributed by atoms with Crippen LogP contribution in [-0.2, 0) is 4.79 Å². The van der Waals surface area contributed by atoms with E-state index >= 15 is 0 Å². The van der Waals surface area contributed by atoms with Crippen LogP contribution >= 0.6 is 27.5 Å². The van der Waals surface area contributed by atoms with Crippen molar-refractivity contribution in [3.05, 3.63) is 27.7 Å². The number of hydrogen-bond acceptors (Lipinski definition) is 1. The number of amides is 1. The summed E-state index contributed by atoms with van der Waals surface area (Å²) in [7, 11) is 0. The maximum absolute atomic E-state index is 12.4. The second-order valence-corrected chi connectivity index (χ2v) is 8.32. The molecule has 0 unspecified atom stereocenters. The van der Waals surface area contributed by atoms with Gasteiger partial charge in [0.05, 0.1) is 5.69 Å². The fourth-order valence-corrected chi connectivity index (χ4v) is 3.83.